The van der Waals surface area contributed by atoms with Gasteiger partial charge in [0, 0.05) is 5.56 Å². The predicted octanol–water partition coefficient (Wildman–Crippen LogP) is 2.47. The van der Waals surface area contributed by atoms with Gasteiger partial charge in [-0.05, 0) is 19.9 Å². The summed E-state index contributed by atoms with van der Waals surface area (Å²) in [4.78, 5) is 0.842. The Kier molecular flexibility index (Phi) is 2.00. The number of rotatable bonds is 1. The summed E-state index contributed by atoms with van der Waals surface area (Å²) in [5.41, 5.74) is 2.26. The largest absolute Gasteiger partial charge is 0.234 e. The number of aryl methyl sites for hydroxylation is 2. The van der Waals surface area contributed by atoms with E-state index in [-0.39, 0.29) is 0 Å². The lowest BCUT2D eigenvalue weighted by Crippen LogP contribution is -1.90. The summed E-state index contributed by atoms with van der Waals surface area (Å²) in [6.07, 6.45) is 0. The van der Waals surface area contributed by atoms with Crippen molar-refractivity contribution in [2.45, 2.75) is 13.8 Å². The van der Waals surface area contributed by atoms with Crippen LogP contribution in [0.4, 0.5) is 0 Å². The van der Waals surface area contributed by atoms with Crippen molar-refractivity contribution in [1.29, 1.82) is 0 Å². The highest BCUT2D eigenvalue weighted by molar-refractivity contribution is 7.16. The van der Waals surface area contributed by atoms with Crippen LogP contribution in [0.1, 0.15) is 10.6 Å². The van der Waals surface area contributed by atoms with Crippen LogP contribution in [-0.4, -0.2) is 19.8 Å². The zero-order valence-electron chi connectivity index (χ0n) is 9.01. The van der Waals surface area contributed by atoms with Crippen molar-refractivity contribution in [2.75, 3.05) is 0 Å². The summed E-state index contributed by atoms with van der Waals surface area (Å²) in [6.45, 7) is 4.04. The van der Waals surface area contributed by atoms with Crippen LogP contribution in [0.2, 0.25) is 0 Å². The summed E-state index contributed by atoms with van der Waals surface area (Å²) in [5.74, 6) is 0.808. The molecule has 0 spiro atoms. The molecule has 0 N–H and O–H groups in total. The summed E-state index contributed by atoms with van der Waals surface area (Å²) in [6, 6.07) is 8.20. The maximum atomic E-state index is 4.39. The molecule has 1 aromatic carbocycles. The Hall–Kier alpha value is -1.75. The second kappa shape index (κ2) is 3.38. The van der Waals surface area contributed by atoms with Gasteiger partial charge in [-0.15, -0.1) is 10.2 Å². The fraction of sp³-hybridized carbons (Fsp3) is 0.182. The lowest BCUT2D eigenvalue weighted by Gasteiger charge is -1.97. The van der Waals surface area contributed by atoms with Gasteiger partial charge in [0.1, 0.15) is 5.01 Å². The zero-order chi connectivity index (χ0) is 11.1. The molecular formula is C11H10N4S. The third-order valence-corrected chi connectivity index (χ3v) is 3.18. The predicted molar refractivity (Wildman–Crippen MR) is 63.6 cm³/mol. The fourth-order valence-electron chi connectivity index (χ4n) is 1.68. The van der Waals surface area contributed by atoms with E-state index in [4.69, 9.17) is 0 Å². The molecule has 5 heteroatoms. The van der Waals surface area contributed by atoms with Crippen LogP contribution in [0.3, 0.4) is 0 Å². The minimum atomic E-state index is 0.808. The van der Waals surface area contributed by atoms with Gasteiger partial charge < -0.3 is 0 Å². The van der Waals surface area contributed by atoms with Crippen LogP contribution >= 0.6 is 11.3 Å². The van der Waals surface area contributed by atoms with Gasteiger partial charge in [0.15, 0.2) is 5.82 Å². The Morgan fingerprint density at radius 3 is 2.88 bits per heavy atom. The summed E-state index contributed by atoms with van der Waals surface area (Å²) in [7, 11) is 0. The van der Waals surface area contributed by atoms with Crippen molar-refractivity contribution >= 4 is 16.3 Å². The highest BCUT2D eigenvalue weighted by Crippen LogP contribution is 2.21. The Balaban J connectivity index is 2.25. The first kappa shape index (κ1) is 9.47. The summed E-state index contributed by atoms with van der Waals surface area (Å²) in [5, 5.41) is 13.7. The monoisotopic (exact) mass is 230 g/mol. The van der Waals surface area contributed by atoms with Gasteiger partial charge in [-0.3, -0.25) is 0 Å². The summed E-state index contributed by atoms with van der Waals surface area (Å²) < 4.78 is 1.80. The van der Waals surface area contributed by atoms with E-state index >= 15 is 0 Å². The molecule has 4 nitrogen and oxygen atoms in total. The maximum absolute atomic E-state index is 4.39. The number of aromatic nitrogens is 4. The maximum Gasteiger partial charge on any atom is 0.234 e. The Morgan fingerprint density at radius 2 is 2.06 bits per heavy atom. The topological polar surface area (TPSA) is 43.1 Å². The van der Waals surface area contributed by atoms with E-state index < -0.39 is 0 Å². The van der Waals surface area contributed by atoms with Crippen LogP contribution < -0.4 is 0 Å². The van der Waals surface area contributed by atoms with Crippen molar-refractivity contribution in [2.24, 2.45) is 0 Å². The van der Waals surface area contributed by atoms with Gasteiger partial charge in [-0.25, -0.2) is 0 Å². The van der Waals surface area contributed by atoms with Crippen molar-refractivity contribution in [3.8, 4) is 11.4 Å². The van der Waals surface area contributed by atoms with Gasteiger partial charge in [0.2, 0.25) is 4.96 Å². The molecule has 0 unspecified atom stereocenters. The Labute approximate surface area is 96.6 Å². The van der Waals surface area contributed by atoms with E-state index in [9.17, 15) is 0 Å². The van der Waals surface area contributed by atoms with Crippen molar-refractivity contribution in [3.05, 3.63) is 34.8 Å². The minimum Gasteiger partial charge on any atom is -0.183 e. The van der Waals surface area contributed by atoms with E-state index in [0.717, 1.165) is 21.4 Å². The number of fused-ring (bicyclic) bond motifs is 1. The molecule has 80 valence electrons. The van der Waals surface area contributed by atoms with E-state index in [1.807, 2.05) is 19.1 Å². The van der Waals surface area contributed by atoms with Crippen LogP contribution in [0.25, 0.3) is 16.3 Å². The third kappa shape index (κ3) is 1.40. The van der Waals surface area contributed by atoms with Crippen molar-refractivity contribution in [1.82, 2.24) is 19.8 Å². The molecule has 0 fully saturated rings. The highest BCUT2D eigenvalue weighted by atomic mass is 32.1. The first-order valence-electron chi connectivity index (χ1n) is 5.00. The highest BCUT2D eigenvalue weighted by Gasteiger charge is 2.11. The molecule has 16 heavy (non-hydrogen) atoms. The number of nitrogens with zero attached hydrogens (tertiary/aromatic N) is 4. The SMILES string of the molecule is Cc1cccc(-c2nnc3sc(C)nn23)c1. The van der Waals surface area contributed by atoms with E-state index in [1.54, 1.807) is 15.9 Å². The molecule has 0 radical (unpaired) electrons. The average Bonchev–Trinajstić information content (AvgIpc) is 2.76. The second-order valence-electron chi connectivity index (χ2n) is 3.71. The molecule has 2 aromatic heterocycles. The van der Waals surface area contributed by atoms with Gasteiger partial charge >= 0.3 is 0 Å². The molecule has 3 rings (SSSR count). The molecule has 0 aliphatic carbocycles. The molecule has 0 amide bonds. The quantitative estimate of drug-likeness (QED) is 0.645. The number of hydrogen-bond acceptors (Lipinski definition) is 4. The van der Waals surface area contributed by atoms with Crippen molar-refractivity contribution < 1.29 is 0 Å². The molecule has 2 heterocycles. The lowest BCUT2D eigenvalue weighted by molar-refractivity contribution is 0.940. The standard InChI is InChI=1S/C11H10N4S/c1-7-4-3-5-9(6-7)10-12-13-11-15(10)14-8(2)16-11/h3-6H,1-2H3. The van der Waals surface area contributed by atoms with Crippen molar-refractivity contribution in [3.63, 3.8) is 0 Å². The molecule has 0 saturated heterocycles. The smallest absolute Gasteiger partial charge is 0.183 e. The Morgan fingerprint density at radius 1 is 1.19 bits per heavy atom. The van der Waals surface area contributed by atoms with Gasteiger partial charge in [0.05, 0.1) is 0 Å². The number of hydrogen-bond donors (Lipinski definition) is 0. The molecule has 0 aliphatic heterocycles. The first-order chi connectivity index (χ1) is 7.74. The number of benzene rings is 1. The zero-order valence-corrected chi connectivity index (χ0v) is 9.82. The van der Waals surface area contributed by atoms with Gasteiger partial charge in [-0.1, -0.05) is 35.1 Å². The second-order valence-corrected chi connectivity index (χ2v) is 4.87. The lowest BCUT2D eigenvalue weighted by atomic mass is 10.1. The van der Waals surface area contributed by atoms with Gasteiger partial charge in [0.25, 0.3) is 0 Å². The molecule has 0 atom stereocenters. The molecule has 0 saturated carbocycles. The molecule has 0 aliphatic rings. The fourth-order valence-corrected chi connectivity index (χ4v) is 2.36. The van der Waals surface area contributed by atoms with Crippen LogP contribution in [0.15, 0.2) is 24.3 Å². The molecule has 0 bridgehead atoms. The average molecular weight is 230 g/mol. The van der Waals surface area contributed by atoms with Crippen LogP contribution in [0, 0.1) is 13.8 Å². The molecule has 3 aromatic rings. The first-order valence-corrected chi connectivity index (χ1v) is 5.81. The molecular weight excluding hydrogens is 220 g/mol. The van der Waals surface area contributed by atoms with Crippen LogP contribution in [-0.2, 0) is 0 Å². The normalized spacial score (nSPS) is 11.1. The summed E-state index contributed by atoms with van der Waals surface area (Å²) >= 11 is 1.55. The van der Waals surface area contributed by atoms with E-state index in [0.29, 0.717) is 0 Å². The minimum absolute atomic E-state index is 0.808. The van der Waals surface area contributed by atoms with Crippen LogP contribution in [0.5, 0.6) is 0 Å². The Bertz CT molecular complexity index is 653. The van der Waals surface area contributed by atoms with Gasteiger partial charge in [-0.2, -0.15) is 9.61 Å². The van der Waals surface area contributed by atoms with E-state index in [1.165, 1.54) is 5.56 Å². The van der Waals surface area contributed by atoms with E-state index in [2.05, 4.69) is 34.4 Å². The third-order valence-electron chi connectivity index (χ3n) is 2.37.